The van der Waals surface area contributed by atoms with Crippen molar-refractivity contribution in [2.75, 3.05) is 13.1 Å². The second-order valence-electron chi connectivity index (χ2n) is 6.01. The molecule has 0 saturated heterocycles. The van der Waals surface area contributed by atoms with E-state index in [1.807, 2.05) is 0 Å². The van der Waals surface area contributed by atoms with Crippen LogP contribution in [0.25, 0.3) is 0 Å². The van der Waals surface area contributed by atoms with E-state index in [2.05, 4.69) is 11.8 Å². The van der Waals surface area contributed by atoms with Gasteiger partial charge in [0.25, 0.3) is 0 Å². The summed E-state index contributed by atoms with van der Waals surface area (Å²) in [5, 5.41) is 10.3. The molecule has 0 radical (unpaired) electrons. The van der Waals surface area contributed by atoms with Gasteiger partial charge in [-0.15, -0.1) is 0 Å². The number of aliphatic hydroxyl groups is 1. The van der Waals surface area contributed by atoms with E-state index < -0.39 is 0 Å². The highest BCUT2D eigenvalue weighted by molar-refractivity contribution is 4.83. The highest BCUT2D eigenvalue weighted by Gasteiger charge is 2.29. The molecule has 2 fully saturated rings. The third-order valence-electron chi connectivity index (χ3n) is 4.79. The van der Waals surface area contributed by atoms with E-state index in [0.29, 0.717) is 6.04 Å². The number of hydrogen-bond acceptors (Lipinski definition) is 2. The van der Waals surface area contributed by atoms with Crippen LogP contribution in [0.15, 0.2) is 0 Å². The predicted octanol–water partition coefficient (Wildman–Crippen LogP) is 3.19. The SMILES string of the molecule is CCN(CC1CCC1)C1CCCCCCC1O. The summed E-state index contributed by atoms with van der Waals surface area (Å²) in [6, 6.07) is 0.445. The van der Waals surface area contributed by atoms with Crippen molar-refractivity contribution >= 4 is 0 Å². The highest BCUT2D eigenvalue weighted by atomic mass is 16.3. The van der Waals surface area contributed by atoms with Crippen molar-refractivity contribution in [1.82, 2.24) is 4.90 Å². The molecule has 2 saturated carbocycles. The summed E-state index contributed by atoms with van der Waals surface area (Å²) in [5.41, 5.74) is 0. The van der Waals surface area contributed by atoms with Gasteiger partial charge in [0.1, 0.15) is 0 Å². The zero-order valence-electron chi connectivity index (χ0n) is 11.4. The van der Waals surface area contributed by atoms with Crippen molar-refractivity contribution in [2.45, 2.75) is 76.9 Å². The second-order valence-corrected chi connectivity index (χ2v) is 6.01. The van der Waals surface area contributed by atoms with Gasteiger partial charge in [-0.25, -0.2) is 0 Å². The molecule has 2 atom stereocenters. The Morgan fingerprint density at radius 3 is 2.24 bits per heavy atom. The van der Waals surface area contributed by atoms with Gasteiger partial charge >= 0.3 is 0 Å². The Bertz CT molecular complexity index is 215. The predicted molar refractivity (Wildman–Crippen MR) is 72.1 cm³/mol. The van der Waals surface area contributed by atoms with E-state index in [0.717, 1.165) is 18.9 Å². The maximum Gasteiger partial charge on any atom is 0.0695 e. The molecule has 17 heavy (non-hydrogen) atoms. The summed E-state index contributed by atoms with van der Waals surface area (Å²) >= 11 is 0. The average molecular weight is 239 g/mol. The summed E-state index contributed by atoms with van der Waals surface area (Å²) < 4.78 is 0. The van der Waals surface area contributed by atoms with E-state index in [4.69, 9.17) is 0 Å². The first-order chi connectivity index (χ1) is 8.31. The van der Waals surface area contributed by atoms with Crippen molar-refractivity contribution in [2.24, 2.45) is 5.92 Å². The van der Waals surface area contributed by atoms with E-state index in [1.54, 1.807) is 0 Å². The molecule has 0 amide bonds. The second kappa shape index (κ2) is 6.75. The van der Waals surface area contributed by atoms with Gasteiger partial charge in [-0.2, -0.15) is 0 Å². The van der Waals surface area contributed by atoms with Crippen molar-refractivity contribution in [1.29, 1.82) is 0 Å². The lowest BCUT2D eigenvalue weighted by atomic mass is 9.84. The summed E-state index contributed by atoms with van der Waals surface area (Å²) in [4.78, 5) is 2.57. The molecular weight excluding hydrogens is 210 g/mol. The maximum atomic E-state index is 10.3. The minimum absolute atomic E-state index is 0.0738. The minimum atomic E-state index is -0.0738. The Balaban J connectivity index is 1.88. The Labute approximate surface area is 106 Å². The molecule has 2 aliphatic rings. The van der Waals surface area contributed by atoms with E-state index in [-0.39, 0.29) is 6.10 Å². The highest BCUT2D eigenvalue weighted by Crippen LogP contribution is 2.29. The molecule has 0 aromatic rings. The Morgan fingerprint density at radius 1 is 0.941 bits per heavy atom. The zero-order valence-corrected chi connectivity index (χ0v) is 11.4. The van der Waals surface area contributed by atoms with Crippen molar-refractivity contribution < 1.29 is 5.11 Å². The van der Waals surface area contributed by atoms with Crippen molar-refractivity contribution in [3.8, 4) is 0 Å². The van der Waals surface area contributed by atoms with Gasteiger partial charge in [0.2, 0.25) is 0 Å². The largest absolute Gasteiger partial charge is 0.391 e. The Kier molecular flexibility index (Phi) is 5.30. The third-order valence-corrected chi connectivity index (χ3v) is 4.79. The van der Waals surface area contributed by atoms with Gasteiger partial charge in [0, 0.05) is 12.6 Å². The number of likely N-dealkylation sites (N-methyl/N-ethyl adjacent to an activating group) is 1. The number of aliphatic hydroxyl groups excluding tert-OH is 1. The summed E-state index contributed by atoms with van der Waals surface area (Å²) in [6.45, 7) is 4.60. The lowest BCUT2D eigenvalue weighted by Gasteiger charge is -2.39. The monoisotopic (exact) mass is 239 g/mol. The fourth-order valence-corrected chi connectivity index (χ4v) is 3.38. The quantitative estimate of drug-likeness (QED) is 0.814. The van der Waals surface area contributed by atoms with Crippen LogP contribution in [0.4, 0.5) is 0 Å². The molecular formula is C15H29NO. The fraction of sp³-hybridized carbons (Fsp3) is 1.00. The van der Waals surface area contributed by atoms with Crippen LogP contribution < -0.4 is 0 Å². The van der Waals surface area contributed by atoms with Crippen molar-refractivity contribution in [3.05, 3.63) is 0 Å². The molecule has 2 aliphatic carbocycles. The van der Waals surface area contributed by atoms with Crippen LogP contribution in [0.1, 0.15) is 64.7 Å². The van der Waals surface area contributed by atoms with Gasteiger partial charge in [-0.3, -0.25) is 4.90 Å². The van der Waals surface area contributed by atoms with Gasteiger partial charge in [-0.05, 0) is 38.1 Å². The summed E-state index contributed by atoms with van der Waals surface area (Å²) in [6.07, 6.45) is 11.6. The normalized spacial score (nSPS) is 31.9. The zero-order chi connectivity index (χ0) is 12.1. The Hall–Kier alpha value is -0.0800. The van der Waals surface area contributed by atoms with Crippen LogP contribution >= 0.6 is 0 Å². The van der Waals surface area contributed by atoms with Gasteiger partial charge in [0.05, 0.1) is 6.10 Å². The third kappa shape index (κ3) is 3.69. The number of hydrogen-bond donors (Lipinski definition) is 1. The molecule has 0 aliphatic heterocycles. The van der Waals surface area contributed by atoms with Crippen LogP contribution in [0, 0.1) is 5.92 Å². The number of rotatable bonds is 4. The molecule has 100 valence electrons. The van der Waals surface area contributed by atoms with E-state index in [1.165, 1.54) is 57.9 Å². The topological polar surface area (TPSA) is 23.5 Å². The molecule has 0 aromatic heterocycles. The number of nitrogens with zero attached hydrogens (tertiary/aromatic N) is 1. The lowest BCUT2D eigenvalue weighted by molar-refractivity contribution is 0.0192. The van der Waals surface area contributed by atoms with Crippen LogP contribution in [0.3, 0.4) is 0 Å². The first-order valence-corrected chi connectivity index (χ1v) is 7.73. The van der Waals surface area contributed by atoms with Crippen LogP contribution in [0.5, 0.6) is 0 Å². The van der Waals surface area contributed by atoms with E-state index >= 15 is 0 Å². The standard InChI is InChI=1S/C15H29NO/c1-2-16(12-13-8-7-9-13)14-10-5-3-4-6-11-15(14)17/h13-15,17H,2-12H2,1H3. The molecule has 2 heteroatoms. The lowest BCUT2D eigenvalue weighted by Crippen LogP contribution is -2.47. The van der Waals surface area contributed by atoms with Crippen molar-refractivity contribution in [3.63, 3.8) is 0 Å². The first kappa shape index (κ1) is 13.4. The fourth-order valence-electron chi connectivity index (χ4n) is 3.38. The van der Waals surface area contributed by atoms with Crippen LogP contribution in [0.2, 0.25) is 0 Å². The van der Waals surface area contributed by atoms with Gasteiger partial charge in [0.15, 0.2) is 0 Å². The molecule has 0 aromatic carbocycles. The van der Waals surface area contributed by atoms with Crippen LogP contribution in [-0.2, 0) is 0 Å². The maximum absolute atomic E-state index is 10.3. The molecule has 0 heterocycles. The van der Waals surface area contributed by atoms with Crippen LogP contribution in [-0.4, -0.2) is 35.2 Å². The minimum Gasteiger partial charge on any atom is -0.391 e. The average Bonchev–Trinajstić information content (AvgIpc) is 2.25. The molecule has 2 nitrogen and oxygen atoms in total. The molecule has 2 rings (SSSR count). The van der Waals surface area contributed by atoms with E-state index in [9.17, 15) is 5.11 Å². The molecule has 2 unspecified atom stereocenters. The molecule has 1 N–H and O–H groups in total. The molecule has 0 bridgehead atoms. The summed E-state index contributed by atoms with van der Waals surface area (Å²) in [7, 11) is 0. The summed E-state index contributed by atoms with van der Waals surface area (Å²) in [5.74, 6) is 0.924. The van der Waals surface area contributed by atoms with Gasteiger partial charge < -0.3 is 5.11 Å². The Morgan fingerprint density at radius 2 is 1.65 bits per heavy atom. The smallest absolute Gasteiger partial charge is 0.0695 e. The molecule has 0 spiro atoms. The first-order valence-electron chi connectivity index (χ1n) is 7.73. The van der Waals surface area contributed by atoms with Gasteiger partial charge in [-0.1, -0.05) is 39.0 Å².